The lowest BCUT2D eigenvalue weighted by atomic mass is 10.2. The number of allylic oxidation sites excluding steroid dienone is 2. The number of rotatable bonds is 5. The van der Waals surface area contributed by atoms with Crippen LogP contribution in [0, 0.1) is 5.92 Å². The zero-order chi connectivity index (χ0) is 12.0. The third-order valence-corrected chi connectivity index (χ3v) is 3.73. The lowest BCUT2D eigenvalue weighted by Crippen LogP contribution is -2.15. The van der Waals surface area contributed by atoms with Gasteiger partial charge in [-0.1, -0.05) is 13.0 Å². The summed E-state index contributed by atoms with van der Waals surface area (Å²) in [6, 6.07) is 0. The molecule has 0 aliphatic heterocycles. The zero-order valence-electron chi connectivity index (χ0n) is 9.99. The van der Waals surface area contributed by atoms with Gasteiger partial charge in [0.2, 0.25) is 0 Å². The second-order valence-electron chi connectivity index (χ2n) is 3.65. The SMILES string of the molecule is COC(=O)[C@@H](C)CSC1=CCCC=C1OC. The Labute approximate surface area is 101 Å². The summed E-state index contributed by atoms with van der Waals surface area (Å²) >= 11 is 1.65. The number of hydrogen-bond acceptors (Lipinski definition) is 4. The van der Waals surface area contributed by atoms with Gasteiger partial charge >= 0.3 is 5.97 Å². The van der Waals surface area contributed by atoms with Crippen molar-refractivity contribution < 1.29 is 14.3 Å². The highest BCUT2D eigenvalue weighted by Crippen LogP contribution is 2.30. The number of methoxy groups -OCH3 is 2. The largest absolute Gasteiger partial charge is 0.496 e. The summed E-state index contributed by atoms with van der Waals surface area (Å²) in [5, 5.41) is 0. The molecule has 0 N–H and O–H groups in total. The van der Waals surface area contributed by atoms with E-state index in [9.17, 15) is 4.79 Å². The van der Waals surface area contributed by atoms with Crippen LogP contribution in [0.5, 0.6) is 0 Å². The Morgan fingerprint density at radius 2 is 2.12 bits per heavy atom. The quantitative estimate of drug-likeness (QED) is 0.694. The molecule has 0 bridgehead atoms. The average molecular weight is 242 g/mol. The molecule has 4 heteroatoms. The van der Waals surface area contributed by atoms with Gasteiger partial charge in [0.1, 0.15) is 5.76 Å². The Morgan fingerprint density at radius 3 is 2.75 bits per heavy atom. The Kier molecular flexibility index (Phi) is 5.46. The Morgan fingerprint density at radius 1 is 1.44 bits per heavy atom. The smallest absolute Gasteiger partial charge is 0.309 e. The van der Waals surface area contributed by atoms with Crippen LogP contribution < -0.4 is 0 Å². The van der Waals surface area contributed by atoms with Crippen molar-refractivity contribution in [2.45, 2.75) is 19.8 Å². The molecule has 90 valence electrons. The molecule has 1 atom stereocenters. The van der Waals surface area contributed by atoms with Crippen molar-refractivity contribution in [2.75, 3.05) is 20.0 Å². The maximum atomic E-state index is 11.2. The van der Waals surface area contributed by atoms with Gasteiger partial charge in [-0.25, -0.2) is 0 Å². The van der Waals surface area contributed by atoms with Crippen LogP contribution in [0.25, 0.3) is 0 Å². The summed E-state index contributed by atoms with van der Waals surface area (Å²) in [5.41, 5.74) is 0. The van der Waals surface area contributed by atoms with E-state index in [1.807, 2.05) is 6.92 Å². The minimum Gasteiger partial charge on any atom is -0.496 e. The minimum absolute atomic E-state index is 0.0871. The summed E-state index contributed by atoms with van der Waals surface area (Å²) < 4.78 is 9.97. The van der Waals surface area contributed by atoms with Gasteiger partial charge in [0.15, 0.2) is 0 Å². The first-order valence-electron chi connectivity index (χ1n) is 5.34. The lowest BCUT2D eigenvalue weighted by Gasteiger charge is -2.15. The van der Waals surface area contributed by atoms with Crippen LogP contribution in [0.1, 0.15) is 19.8 Å². The summed E-state index contributed by atoms with van der Waals surface area (Å²) in [7, 11) is 3.10. The van der Waals surface area contributed by atoms with E-state index in [0.717, 1.165) is 29.3 Å². The first-order valence-corrected chi connectivity index (χ1v) is 6.33. The number of carbonyl (C=O) groups excluding carboxylic acids is 1. The molecule has 0 heterocycles. The number of esters is 1. The second-order valence-corrected chi connectivity index (χ2v) is 4.72. The fourth-order valence-corrected chi connectivity index (χ4v) is 2.54. The number of hydrogen-bond donors (Lipinski definition) is 0. The average Bonchev–Trinajstić information content (AvgIpc) is 2.35. The first kappa shape index (κ1) is 13.2. The van der Waals surface area contributed by atoms with Gasteiger partial charge in [-0.3, -0.25) is 4.79 Å². The Balaban J connectivity index is 2.45. The van der Waals surface area contributed by atoms with Crippen molar-refractivity contribution in [3.8, 4) is 0 Å². The van der Waals surface area contributed by atoms with Crippen molar-refractivity contribution in [1.82, 2.24) is 0 Å². The number of carbonyl (C=O) groups is 1. The number of ether oxygens (including phenoxy) is 2. The molecule has 0 unspecified atom stereocenters. The third-order valence-electron chi connectivity index (χ3n) is 2.38. The fraction of sp³-hybridized carbons (Fsp3) is 0.583. The third kappa shape index (κ3) is 3.59. The predicted molar refractivity (Wildman–Crippen MR) is 66.0 cm³/mol. The van der Waals surface area contributed by atoms with E-state index in [-0.39, 0.29) is 11.9 Å². The topological polar surface area (TPSA) is 35.5 Å². The van der Waals surface area contributed by atoms with E-state index in [2.05, 4.69) is 16.9 Å². The van der Waals surface area contributed by atoms with Crippen LogP contribution in [0.4, 0.5) is 0 Å². The molecule has 0 saturated heterocycles. The van der Waals surface area contributed by atoms with Gasteiger partial charge in [0, 0.05) is 10.7 Å². The molecule has 0 fully saturated rings. The molecule has 0 aromatic rings. The summed E-state index contributed by atoms with van der Waals surface area (Å²) in [6.45, 7) is 1.87. The molecule has 0 aromatic heterocycles. The Hall–Kier alpha value is -0.900. The van der Waals surface area contributed by atoms with Gasteiger partial charge in [0.25, 0.3) is 0 Å². The van der Waals surface area contributed by atoms with Crippen molar-refractivity contribution in [3.63, 3.8) is 0 Å². The van der Waals surface area contributed by atoms with E-state index < -0.39 is 0 Å². The predicted octanol–water partition coefficient (Wildman–Crippen LogP) is 2.74. The van der Waals surface area contributed by atoms with E-state index in [1.165, 1.54) is 7.11 Å². The second kappa shape index (κ2) is 6.63. The maximum absolute atomic E-state index is 11.2. The summed E-state index contributed by atoms with van der Waals surface area (Å²) in [5.74, 6) is 1.40. The van der Waals surface area contributed by atoms with Crippen molar-refractivity contribution >= 4 is 17.7 Å². The van der Waals surface area contributed by atoms with Crippen LogP contribution in [0.2, 0.25) is 0 Å². The molecule has 0 aromatic carbocycles. The van der Waals surface area contributed by atoms with Gasteiger partial charge < -0.3 is 9.47 Å². The van der Waals surface area contributed by atoms with Crippen LogP contribution in [-0.2, 0) is 14.3 Å². The van der Waals surface area contributed by atoms with E-state index in [0.29, 0.717) is 0 Å². The van der Waals surface area contributed by atoms with Crippen LogP contribution in [-0.4, -0.2) is 25.9 Å². The normalized spacial score (nSPS) is 17.2. The van der Waals surface area contributed by atoms with E-state index in [4.69, 9.17) is 4.74 Å². The number of thioether (sulfide) groups is 1. The standard InChI is InChI=1S/C12H18O3S/c1-9(12(13)15-3)8-16-11-7-5-4-6-10(11)14-2/h6-7,9H,4-5,8H2,1-3H3/t9-/m0/s1. The van der Waals surface area contributed by atoms with Crippen molar-refractivity contribution in [2.24, 2.45) is 5.92 Å². The highest BCUT2D eigenvalue weighted by molar-refractivity contribution is 8.03. The van der Waals surface area contributed by atoms with Crippen molar-refractivity contribution in [3.05, 3.63) is 22.8 Å². The van der Waals surface area contributed by atoms with Gasteiger partial charge in [-0.2, -0.15) is 0 Å². The van der Waals surface area contributed by atoms with Crippen molar-refractivity contribution in [1.29, 1.82) is 0 Å². The molecular formula is C12H18O3S. The minimum atomic E-state index is -0.160. The molecule has 1 aliphatic rings. The monoisotopic (exact) mass is 242 g/mol. The highest BCUT2D eigenvalue weighted by Gasteiger charge is 2.16. The summed E-state index contributed by atoms with van der Waals surface area (Å²) in [4.78, 5) is 12.4. The molecular weight excluding hydrogens is 224 g/mol. The Bertz CT molecular complexity index is 307. The van der Waals surface area contributed by atoms with E-state index in [1.54, 1.807) is 18.9 Å². The van der Waals surface area contributed by atoms with Gasteiger partial charge in [-0.05, 0) is 18.9 Å². The van der Waals surface area contributed by atoms with Crippen LogP contribution >= 0.6 is 11.8 Å². The molecule has 16 heavy (non-hydrogen) atoms. The van der Waals surface area contributed by atoms with E-state index >= 15 is 0 Å². The zero-order valence-corrected chi connectivity index (χ0v) is 10.8. The van der Waals surface area contributed by atoms with Crippen LogP contribution in [0.15, 0.2) is 22.8 Å². The van der Waals surface area contributed by atoms with Crippen LogP contribution in [0.3, 0.4) is 0 Å². The maximum Gasteiger partial charge on any atom is 0.309 e. The molecule has 1 aliphatic carbocycles. The molecule has 0 spiro atoms. The van der Waals surface area contributed by atoms with Gasteiger partial charge in [-0.15, -0.1) is 11.8 Å². The molecule has 0 amide bonds. The molecule has 0 radical (unpaired) electrons. The molecule has 3 nitrogen and oxygen atoms in total. The fourth-order valence-electron chi connectivity index (χ4n) is 1.43. The lowest BCUT2D eigenvalue weighted by molar-refractivity contribution is -0.143. The van der Waals surface area contributed by atoms with Gasteiger partial charge in [0.05, 0.1) is 20.1 Å². The molecule has 0 saturated carbocycles. The molecule has 1 rings (SSSR count). The first-order chi connectivity index (χ1) is 7.69. The summed E-state index contributed by atoms with van der Waals surface area (Å²) in [6.07, 6.45) is 6.32. The highest BCUT2D eigenvalue weighted by atomic mass is 32.2.